The number of benzene rings is 1. The Balaban J connectivity index is 2.31. The third-order valence-electron chi connectivity index (χ3n) is 2.59. The summed E-state index contributed by atoms with van der Waals surface area (Å²) >= 11 is 0. The Morgan fingerprint density at radius 1 is 1.29 bits per heavy atom. The molecule has 14 heavy (non-hydrogen) atoms. The van der Waals surface area contributed by atoms with Crippen molar-refractivity contribution >= 4 is 0 Å². The Bertz CT molecular complexity index is 334. The molecule has 0 spiro atoms. The van der Waals surface area contributed by atoms with Gasteiger partial charge in [-0.15, -0.1) is 0 Å². The minimum atomic E-state index is 0.157. The van der Waals surface area contributed by atoms with E-state index in [0.717, 1.165) is 23.1 Å². The van der Waals surface area contributed by atoms with E-state index >= 15 is 0 Å². The number of aliphatic hydroxyl groups is 1. The van der Waals surface area contributed by atoms with E-state index in [1.807, 2.05) is 6.07 Å². The standard InChI is InChI=1S/C11H14O3/c12-5-1-2-9-10-7-14-6-8(10)3-4-11(9)13/h3-4,12-13H,1-2,5-7H2. The van der Waals surface area contributed by atoms with Crippen molar-refractivity contribution in [3.8, 4) is 5.75 Å². The van der Waals surface area contributed by atoms with Crippen molar-refractivity contribution in [2.75, 3.05) is 6.61 Å². The summed E-state index contributed by atoms with van der Waals surface area (Å²) in [6.45, 7) is 1.39. The van der Waals surface area contributed by atoms with Crippen LogP contribution in [0.25, 0.3) is 0 Å². The molecule has 2 N–H and O–H groups in total. The van der Waals surface area contributed by atoms with E-state index < -0.39 is 0 Å². The fourth-order valence-corrected chi connectivity index (χ4v) is 1.84. The van der Waals surface area contributed by atoms with Gasteiger partial charge in [0.2, 0.25) is 0 Å². The molecule has 0 aromatic heterocycles. The lowest BCUT2D eigenvalue weighted by Gasteiger charge is -2.08. The van der Waals surface area contributed by atoms with Crippen molar-refractivity contribution in [3.05, 3.63) is 28.8 Å². The monoisotopic (exact) mass is 194 g/mol. The molecule has 0 bridgehead atoms. The molecule has 0 aliphatic carbocycles. The molecule has 1 aliphatic heterocycles. The first-order valence-corrected chi connectivity index (χ1v) is 4.84. The topological polar surface area (TPSA) is 49.7 Å². The highest BCUT2D eigenvalue weighted by Gasteiger charge is 2.17. The predicted molar refractivity (Wildman–Crippen MR) is 52.0 cm³/mol. The molecule has 76 valence electrons. The smallest absolute Gasteiger partial charge is 0.119 e. The fraction of sp³-hybridized carbons (Fsp3) is 0.455. The van der Waals surface area contributed by atoms with Crippen LogP contribution < -0.4 is 0 Å². The molecule has 1 aromatic carbocycles. The number of fused-ring (bicyclic) bond motifs is 1. The Hall–Kier alpha value is -1.06. The molecule has 0 saturated heterocycles. The minimum absolute atomic E-state index is 0.157. The first-order valence-electron chi connectivity index (χ1n) is 4.84. The van der Waals surface area contributed by atoms with Crippen molar-refractivity contribution in [2.45, 2.75) is 26.1 Å². The summed E-state index contributed by atoms with van der Waals surface area (Å²) in [7, 11) is 0. The zero-order valence-electron chi connectivity index (χ0n) is 7.99. The van der Waals surface area contributed by atoms with Crippen LogP contribution in [-0.4, -0.2) is 16.8 Å². The van der Waals surface area contributed by atoms with Crippen molar-refractivity contribution in [1.82, 2.24) is 0 Å². The summed E-state index contributed by atoms with van der Waals surface area (Å²) in [4.78, 5) is 0. The van der Waals surface area contributed by atoms with Crippen LogP contribution in [0.2, 0.25) is 0 Å². The SMILES string of the molecule is OCCCc1c(O)ccc2c1COC2. The molecule has 1 heterocycles. The fourth-order valence-electron chi connectivity index (χ4n) is 1.84. The van der Waals surface area contributed by atoms with Gasteiger partial charge in [-0.05, 0) is 35.6 Å². The number of phenolic OH excluding ortho intramolecular Hbond substituents is 1. The first kappa shape index (κ1) is 9.49. The molecule has 0 radical (unpaired) electrons. The number of aliphatic hydroxyl groups excluding tert-OH is 1. The number of rotatable bonds is 3. The van der Waals surface area contributed by atoms with Crippen LogP contribution in [0, 0.1) is 0 Å². The predicted octanol–water partition coefficient (Wildman–Crippen LogP) is 1.35. The lowest BCUT2D eigenvalue weighted by atomic mass is 9.99. The molecule has 2 rings (SSSR count). The maximum atomic E-state index is 9.66. The van der Waals surface area contributed by atoms with Gasteiger partial charge in [0.1, 0.15) is 5.75 Å². The average molecular weight is 194 g/mol. The normalized spacial score (nSPS) is 14.4. The van der Waals surface area contributed by atoms with Crippen molar-refractivity contribution in [3.63, 3.8) is 0 Å². The number of hydrogen-bond donors (Lipinski definition) is 2. The van der Waals surface area contributed by atoms with Gasteiger partial charge in [0.05, 0.1) is 13.2 Å². The molecule has 0 amide bonds. The van der Waals surface area contributed by atoms with Gasteiger partial charge in [-0.3, -0.25) is 0 Å². The summed E-state index contributed by atoms with van der Waals surface area (Å²) < 4.78 is 5.32. The highest BCUT2D eigenvalue weighted by molar-refractivity contribution is 5.45. The maximum Gasteiger partial charge on any atom is 0.119 e. The number of phenols is 1. The molecule has 1 aliphatic rings. The first-order chi connectivity index (χ1) is 6.83. The molecule has 0 atom stereocenters. The molecule has 3 nitrogen and oxygen atoms in total. The Kier molecular flexibility index (Phi) is 2.70. The van der Waals surface area contributed by atoms with Crippen LogP contribution in [0.5, 0.6) is 5.75 Å². The van der Waals surface area contributed by atoms with Crippen molar-refractivity contribution < 1.29 is 14.9 Å². The van der Waals surface area contributed by atoms with Gasteiger partial charge in [-0.1, -0.05) is 6.07 Å². The lowest BCUT2D eigenvalue weighted by Crippen LogP contribution is -1.96. The van der Waals surface area contributed by atoms with E-state index in [1.54, 1.807) is 6.07 Å². The zero-order valence-corrected chi connectivity index (χ0v) is 7.99. The summed E-state index contributed by atoms with van der Waals surface area (Å²) in [6.07, 6.45) is 1.40. The molecule has 3 heteroatoms. The van der Waals surface area contributed by atoms with Crippen LogP contribution in [0.15, 0.2) is 12.1 Å². The third kappa shape index (κ3) is 1.61. The van der Waals surface area contributed by atoms with Crippen LogP contribution >= 0.6 is 0 Å². The number of aromatic hydroxyl groups is 1. The molecular weight excluding hydrogens is 180 g/mol. The Morgan fingerprint density at radius 2 is 2.14 bits per heavy atom. The van der Waals surface area contributed by atoms with Crippen molar-refractivity contribution in [1.29, 1.82) is 0 Å². The molecule has 1 aromatic rings. The van der Waals surface area contributed by atoms with Gasteiger partial charge >= 0.3 is 0 Å². The minimum Gasteiger partial charge on any atom is -0.508 e. The average Bonchev–Trinajstić information content (AvgIpc) is 2.64. The number of ether oxygens (including phenoxy) is 1. The van der Waals surface area contributed by atoms with Gasteiger partial charge in [-0.2, -0.15) is 0 Å². The van der Waals surface area contributed by atoms with Gasteiger partial charge in [0, 0.05) is 6.61 Å². The highest BCUT2D eigenvalue weighted by Crippen LogP contribution is 2.30. The van der Waals surface area contributed by atoms with Gasteiger partial charge in [0.15, 0.2) is 0 Å². The highest BCUT2D eigenvalue weighted by atomic mass is 16.5. The van der Waals surface area contributed by atoms with Crippen molar-refractivity contribution in [2.24, 2.45) is 0 Å². The van der Waals surface area contributed by atoms with E-state index in [1.165, 1.54) is 0 Å². The second-order valence-electron chi connectivity index (χ2n) is 3.52. The molecule has 0 fully saturated rings. The van der Waals surface area contributed by atoms with Crippen LogP contribution in [-0.2, 0) is 24.4 Å². The Morgan fingerprint density at radius 3 is 2.93 bits per heavy atom. The van der Waals surface area contributed by atoms with Crippen LogP contribution in [0.4, 0.5) is 0 Å². The summed E-state index contributed by atoms with van der Waals surface area (Å²) in [6, 6.07) is 3.61. The zero-order chi connectivity index (χ0) is 9.97. The summed E-state index contributed by atoms with van der Waals surface area (Å²) in [5.41, 5.74) is 3.21. The second kappa shape index (κ2) is 3.98. The maximum absolute atomic E-state index is 9.66. The third-order valence-corrected chi connectivity index (χ3v) is 2.59. The van der Waals surface area contributed by atoms with E-state index in [0.29, 0.717) is 25.4 Å². The second-order valence-corrected chi connectivity index (χ2v) is 3.52. The largest absolute Gasteiger partial charge is 0.508 e. The van der Waals surface area contributed by atoms with E-state index in [4.69, 9.17) is 9.84 Å². The molecular formula is C11H14O3. The van der Waals surface area contributed by atoms with Gasteiger partial charge in [-0.25, -0.2) is 0 Å². The van der Waals surface area contributed by atoms with E-state index in [-0.39, 0.29) is 6.61 Å². The molecule has 0 saturated carbocycles. The number of hydrogen-bond acceptors (Lipinski definition) is 3. The summed E-state index contributed by atoms with van der Waals surface area (Å²) in [5, 5.41) is 18.4. The molecule has 0 unspecified atom stereocenters. The van der Waals surface area contributed by atoms with Gasteiger partial charge < -0.3 is 14.9 Å². The van der Waals surface area contributed by atoms with Gasteiger partial charge in [0.25, 0.3) is 0 Å². The lowest BCUT2D eigenvalue weighted by molar-refractivity contribution is 0.134. The quantitative estimate of drug-likeness (QED) is 0.763. The Labute approximate surface area is 83.0 Å². The summed E-state index contributed by atoms with van der Waals surface area (Å²) in [5.74, 6) is 0.322. The van der Waals surface area contributed by atoms with E-state index in [9.17, 15) is 5.11 Å². The van der Waals surface area contributed by atoms with E-state index in [2.05, 4.69) is 0 Å². The van der Waals surface area contributed by atoms with Crippen LogP contribution in [0.1, 0.15) is 23.1 Å². The van der Waals surface area contributed by atoms with Crippen LogP contribution in [0.3, 0.4) is 0 Å².